The molecule has 8 nitrogen and oxygen atoms in total. The molecule has 1 heterocycles. The van der Waals surface area contributed by atoms with E-state index in [-0.39, 0.29) is 0 Å². The van der Waals surface area contributed by atoms with Crippen molar-refractivity contribution in [2.24, 2.45) is 0 Å². The van der Waals surface area contributed by atoms with Crippen LogP contribution in [-0.4, -0.2) is 61.5 Å². The van der Waals surface area contributed by atoms with Crippen molar-refractivity contribution in [3.63, 3.8) is 0 Å². The van der Waals surface area contributed by atoms with Crippen LogP contribution in [0, 0.1) is 6.92 Å². The number of aliphatic carboxylic acids is 3. The zero-order valence-corrected chi connectivity index (χ0v) is 16.0. The summed E-state index contributed by atoms with van der Waals surface area (Å²) in [6.45, 7) is 5.90. The normalized spacial score (nSPS) is 15.5. The molecule has 176 valence electrons. The van der Waals surface area contributed by atoms with Gasteiger partial charge in [0.2, 0.25) is 6.04 Å². The average Bonchev–Trinajstić information content (AvgIpc) is 2.63. The molecule has 1 aromatic carbocycles. The highest BCUT2D eigenvalue weighted by Gasteiger charge is 2.33. The molecular formula is C17H20F6N2O6. The van der Waals surface area contributed by atoms with E-state index in [0.29, 0.717) is 0 Å². The van der Waals surface area contributed by atoms with E-state index in [4.69, 9.17) is 19.8 Å². The Bertz CT molecular complexity index is 706. The molecule has 0 spiro atoms. The van der Waals surface area contributed by atoms with E-state index in [0.717, 1.165) is 31.7 Å². The summed E-state index contributed by atoms with van der Waals surface area (Å²) in [5.41, 5.74) is 2.08. The molecule has 1 atom stereocenters. The summed E-state index contributed by atoms with van der Waals surface area (Å²) in [5.74, 6) is -6.73. The molecule has 1 aromatic rings. The Balaban J connectivity index is 0.000000536. The lowest BCUT2D eigenvalue weighted by molar-refractivity contribution is -0.965. The number of nitrogens with two attached hydrogens (primary N) is 1. The molecule has 1 saturated heterocycles. The van der Waals surface area contributed by atoms with Crippen LogP contribution >= 0.6 is 0 Å². The molecule has 1 aliphatic rings. The number of aryl methyl sites for hydroxylation is 1. The third-order valence-electron chi connectivity index (χ3n) is 3.87. The van der Waals surface area contributed by atoms with Gasteiger partial charge in [0.15, 0.2) is 0 Å². The van der Waals surface area contributed by atoms with Crippen LogP contribution in [0.2, 0.25) is 0 Å². The van der Waals surface area contributed by atoms with E-state index in [1.54, 1.807) is 0 Å². The van der Waals surface area contributed by atoms with Gasteiger partial charge < -0.3 is 35.1 Å². The second-order valence-electron chi connectivity index (χ2n) is 6.28. The Hall–Kier alpha value is -2.87. The van der Waals surface area contributed by atoms with E-state index in [1.165, 1.54) is 10.5 Å². The van der Waals surface area contributed by atoms with Gasteiger partial charge in [0, 0.05) is 5.56 Å². The molecule has 4 N–H and O–H groups in total. The predicted octanol–water partition coefficient (Wildman–Crippen LogP) is -2.82. The number of carboxylic acids is 3. The Kier molecular flexibility index (Phi) is 11.0. The Labute approximate surface area is 172 Å². The molecule has 14 heteroatoms. The number of halogens is 6. The van der Waals surface area contributed by atoms with Crippen molar-refractivity contribution < 1.29 is 66.3 Å². The summed E-state index contributed by atoms with van der Waals surface area (Å²) in [4.78, 5) is 30.2. The summed E-state index contributed by atoms with van der Waals surface area (Å²) in [6, 6.07) is 7.45. The zero-order valence-electron chi connectivity index (χ0n) is 16.0. The SMILES string of the molecule is Cc1ccc(C(C(=O)O)[NH+]2CC[NH2+]CC2)cc1.O=C([O-])C(F)(F)F.O=C([O-])C(F)(F)F. The van der Waals surface area contributed by atoms with Crippen LogP contribution in [0.25, 0.3) is 0 Å². The second-order valence-corrected chi connectivity index (χ2v) is 6.28. The number of carbonyl (C=O) groups excluding carboxylic acids is 2. The van der Waals surface area contributed by atoms with Crippen LogP contribution in [0.15, 0.2) is 24.3 Å². The van der Waals surface area contributed by atoms with Crippen LogP contribution in [0.3, 0.4) is 0 Å². The largest absolute Gasteiger partial charge is 0.542 e. The van der Waals surface area contributed by atoms with Crippen LogP contribution in [0.4, 0.5) is 26.3 Å². The first-order valence-electron chi connectivity index (χ1n) is 8.59. The topological polar surface area (TPSA) is 139 Å². The van der Waals surface area contributed by atoms with Crippen molar-refractivity contribution in [3.8, 4) is 0 Å². The number of alkyl halides is 6. The van der Waals surface area contributed by atoms with Gasteiger partial charge in [0.1, 0.15) is 38.1 Å². The smallest absolute Gasteiger partial charge is 0.430 e. The summed E-state index contributed by atoms with van der Waals surface area (Å²) in [5, 5.41) is 29.2. The van der Waals surface area contributed by atoms with E-state index in [9.17, 15) is 36.2 Å². The van der Waals surface area contributed by atoms with Gasteiger partial charge in [0.25, 0.3) is 0 Å². The van der Waals surface area contributed by atoms with Gasteiger partial charge in [0.05, 0.1) is 0 Å². The third-order valence-corrected chi connectivity index (χ3v) is 3.87. The highest BCUT2D eigenvalue weighted by atomic mass is 19.4. The fourth-order valence-electron chi connectivity index (χ4n) is 2.44. The molecule has 0 bridgehead atoms. The standard InChI is InChI=1S/C13H18N2O2.2C2HF3O2/c1-10-2-4-11(5-3-10)12(13(16)17)15-8-6-14-7-9-15;2*3-2(4,5)1(6)7/h2-5,12,14H,6-9H2,1H3,(H,16,17);2*(H,6,7). The first kappa shape index (κ1) is 28.1. The minimum Gasteiger partial charge on any atom is -0.542 e. The highest BCUT2D eigenvalue weighted by Crippen LogP contribution is 2.12. The van der Waals surface area contributed by atoms with Crippen LogP contribution in [0.5, 0.6) is 0 Å². The molecule has 1 unspecified atom stereocenters. The second kappa shape index (κ2) is 12.1. The molecule has 1 aliphatic heterocycles. The van der Waals surface area contributed by atoms with E-state index < -0.39 is 36.3 Å². The number of quaternary nitrogens is 2. The monoisotopic (exact) mass is 462 g/mol. The van der Waals surface area contributed by atoms with Crippen molar-refractivity contribution in [3.05, 3.63) is 35.4 Å². The number of nitrogens with one attached hydrogen (secondary N) is 1. The maximum Gasteiger partial charge on any atom is 0.430 e. The van der Waals surface area contributed by atoms with Gasteiger partial charge in [-0.15, -0.1) is 0 Å². The van der Waals surface area contributed by atoms with Crippen molar-refractivity contribution in [2.75, 3.05) is 26.2 Å². The quantitative estimate of drug-likeness (QED) is 0.415. The predicted molar refractivity (Wildman–Crippen MR) is 86.0 cm³/mol. The van der Waals surface area contributed by atoms with Gasteiger partial charge in [-0.05, 0) is 6.92 Å². The fraction of sp³-hybridized carbons (Fsp3) is 0.471. The van der Waals surface area contributed by atoms with Gasteiger partial charge >= 0.3 is 18.3 Å². The minimum absolute atomic E-state index is 0.413. The fourth-order valence-corrected chi connectivity index (χ4v) is 2.44. The van der Waals surface area contributed by atoms with E-state index in [2.05, 4.69) is 5.32 Å². The number of piperazine rings is 1. The van der Waals surface area contributed by atoms with Gasteiger partial charge in [-0.25, -0.2) is 4.79 Å². The highest BCUT2D eigenvalue weighted by molar-refractivity contribution is 5.74. The number of carboxylic acid groups (broad SMARTS) is 3. The molecular weight excluding hydrogens is 442 g/mol. The molecule has 0 amide bonds. The Morgan fingerprint density at radius 1 is 0.935 bits per heavy atom. The van der Waals surface area contributed by atoms with Gasteiger partial charge in [-0.2, -0.15) is 26.3 Å². The lowest BCUT2D eigenvalue weighted by Crippen LogP contribution is -3.21. The van der Waals surface area contributed by atoms with E-state index in [1.807, 2.05) is 31.2 Å². The van der Waals surface area contributed by atoms with Gasteiger partial charge in [-0.3, -0.25) is 0 Å². The van der Waals surface area contributed by atoms with Crippen LogP contribution in [-0.2, 0) is 14.4 Å². The maximum absolute atomic E-state index is 11.5. The number of benzene rings is 1. The lowest BCUT2D eigenvalue weighted by atomic mass is 10.0. The zero-order chi connectivity index (χ0) is 24.4. The average molecular weight is 462 g/mol. The van der Waals surface area contributed by atoms with Crippen molar-refractivity contribution in [1.82, 2.24) is 0 Å². The number of carbonyl (C=O) groups is 3. The number of hydrogen-bond acceptors (Lipinski definition) is 5. The molecule has 31 heavy (non-hydrogen) atoms. The molecule has 1 fully saturated rings. The van der Waals surface area contributed by atoms with Crippen LogP contribution < -0.4 is 20.4 Å². The molecule has 2 rings (SSSR count). The van der Waals surface area contributed by atoms with Gasteiger partial charge in [-0.1, -0.05) is 29.8 Å². The molecule has 0 aromatic heterocycles. The summed E-state index contributed by atoms with van der Waals surface area (Å²) in [7, 11) is 0. The number of hydrogen-bond donors (Lipinski definition) is 3. The molecule has 0 aliphatic carbocycles. The first-order chi connectivity index (χ1) is 14.1. The first-order valence-corrected chi connectivity index (χ1v) is 8.59. The maximum atomic E-state index is 11.5. The Morgan fingerprint density at radius 2 is 1.29 bits per heavy atom. The van der Waals surface area contributed by atoms with E-state index >= 15 is 0 Å². The molecule has 0 saturated carbocycles. The van der Waals surface area contributed by atoms with Crippen LogP contribution in [0.1, 0.15) is 17.2 Å². The third kappa shape index (κ3) is 11.2. The summed E-state index contributed by atoms with van der Waals surface area (Å²) in [6.07, 6.45) is -10.4. The summed E-state index contributed by atoms with van der Waals surface area (Å²) < 4.78 is 63.1. The minimum atomic E-state index is -5.19. The van der Waals surface area contributed by atoms with Crippen molar-refractivity contribution in [1.29, 1.82) is 0 Å². The Morgan fingerprint density at radius 3 is 1.58 bits per heavy atom. The van der Waals surface area contributed by atoms with Crippen molar-refractivity contribution in [2.45, 2.75) is 25.3 Å². The molecule has 0 radical (unpaired) electrons. The summed E-state index contributed by atoms with van der Waals surface area (Å²) >= 11 is 0. The lowest BCUT2D eigenvalue weighted by Gasteiger charge is -2.27. The number of rotatable bonds is 3. The van der Waals surface area contributed by atoms with Crippen molar-refractivity contribution >= 4 is 17.9 Å².